The summed E-state index contributed by atoms with van der Waals surface area (Å²) in [4.78, 5) is 2.34. The fourth-order valence-electron chi connectivity index (χ4n) is 2.37. The lowest BCUT2D eigenvalue weighted by Gasteiger charge is -2.12. The molecule has 0 spiro atoms. The summed E-state index contributed by atoms with van der Waals surface area (Å²) < 4.78 is 1.96. The van der Waals surface area contributed by atoms with E-state index >= 15 is 0 Å². The molecule has 92 valence electrons. The molecule has 0 saturated carbocycles. The van der Waals surface area contributed by atoms with Crippen LogP contribution in [0.2, 0.25) is 0 Å². The summed E-state index contributed by atoms with van der Waals surface area (Å²) in [6.07, 6.45) is 4.18. The van der Waals surface area contributed by atoms with Crippen molar-refractivity contribution < 1.29 is 4.68 Å². The summed E-state index contributed by atoms with van der Waals surface area (Å²) in [5.41, 5.74) is 7.65. The second-order valence-electron chi connectivity index (χ2n) is 4.59. The first-order valence-corrected chi connectivity index (χ1v) is 6.33. The number of anilines is 2. The van der Waals surface area contributed by atoms with Gasteiger partial charge in [-0.3, -0.25) is 4.90 Å². The van der Waals surface area contributed by atoms with Crippen molar-refractivity contribution in [2.45, 2.75) is 12.8 Å². The van der Waals surface area contributed by atoms with Gasteiger partial charge in [0.1, 0.15) is 0 Å². The summed E-state index contributed by atoms with van der Waals surface area (Å²) in [6, 6.07) is 12.2. The average Bonchev–Trinajstić information content (AvgIpc) is 2.93. The van der Waals surface area contributed by atoms with Crippen molar-refractivity contribution in [1.82, 2.24) is 5.10 Å². The molecule has 1 aromatic carbocycles. The maximum Gasteiger partial charge on any atom is 0.304 e. The van der Waals surface area contributed by atoms with Gasteiger partial charge in [0, 0.05) is 0 Å². The molecule has 2 N–H and O–H groups in total. The zero-order valence-electron chi connectivity index (χ0n) is 10.3. The highest BCUT2D eigenvalue weighted by Gasteiger charge is 2.25. The molecule has 2 heterocycles. The minimum Gasteiger partial charge on any atom is -0.397 e. The Morgan fingerprint density at radius 2 is 1.83 bits per heavy atom. The molecule has 0 bridgehead atoms. The monoisotopic (exact) mass is 241 g/mol. The lowest BCUT2D eigenvalue weighted by Crippen LogP contribution is -2.42. The molecule has 0 amide bonds. The van der Waals surface area contributed by atoms with Gasteiger partial charge in [-0.25, -0.2) is 0 Å². The van der Waals surface area contributed by atoms with Crippen LogP contribution in [0.5, 0.6) is 0 Å². The molecular formula is C14H17N4+. The predicted molar refractivity (Wildman–Crippen MR) is 71.6 cm³/mol. The van der Waals surface area contributed by atoms with E-state index < -0.39 is 0 Å². The number of nitrogens with two attached hydrogens (primary N) is 1. The van der Waals surface area contributed by atoms with Crippen molar-refractivity contribution in [3.05, 3.63) is 42.6 Å². The Balaban J connectivity index is 2.08. The zero-order valence-corrected chi connectivity index (χ0v) is 10.3. The smallest absolute Gasteiger partial charge is 0.304 e. The molecule has 0 unspecified atom stereocenters. The number of nitrogen functional groups attached to an aromatic ring is 1. The number of hydrogen-bond acceptors (Lipinski definition) is 3. The Labute approximate surface area is 107 Å². The highest BCUT2D eigenvalue weighted by Crippen LogP contribution is 2.18. The van der Waals surface area contributed by atoms with Gasteiger partial charge < -0.3 is 5.73 Å². The zero-order chi connectivity index (χ0) is 12.4. The van der Waals surface area contributed by atoms with Gasteiger partial charge in [0.25, 0.3) is 0 Å². The molecule has 1 saturated heterocycles. The predicted octanol–water partition coefficient (Wildman–Crippen LogP) is 1.54. The van der Waals surface area contributed by atoms with Crippen LogP contribution in [0.1, 0.15) is 12.8 Å². The van der Waals surface area contributed by atoms with Gasteiger partial charge >= 0.3 is 5.82 Å². The first-order chi connectivity index (χ1) is 8.84. The van der Waals surface area contributed by atoms with Crippen LogP contribution in [0, 0.1) is 0 Å². The van der Waals surface area contributed by atoms with E-state index in [9.17, 15) is 0 Å². The van der Waals surface area contributed by atoms with Crippen molar-refractivity contribution in [1.29, 1.82) is 0 Å². The number of aromatic nitrogens is 2. The van der Waals surface area contributed by atoms with Crippen LogP contribution in [0.25, 0.3) is 5.69 Å². The second kappa shape index (κ2) is 4.64. The van der Waals surface area contributed by atoms with Crippen LogP contribution >= 0.6 is 0 Å². The molecule has 18 heavy (non-hydrogen) atoms. The minimum atomic E-state index is 0.712. The number of benzene rings is 1. The van der Waals surface area contributed by atoms with Gasteiger partial charge in [0.2, 0.25) is 0 Å². The summed E-state index contributed by atoms with van der Waals surface area (Å²) in [7, 11) is 0. The van der Waals surface area contributed by atoms with E-state index in [1.807, 2.05) is 28.9 Å². The van der Waals surface area contributed by atoms with Gasteiger partial charge in [-0.15, -0.1) is 0 Å². The van der Waals surface area contributed by atoms with E-state index in [-0.39, 0.29) is 0 Å². The molecule has 3 rings (SSSR count). The highest BCUT2D eigenvalue weighted by molar-refractivity contribution is 5.47. The Hall–Kier alpha value is -2.10. The second-order valence-corrected chi connectivity index (χ2v) is 4.59. The third-order valence-corrected chi connectivity index (χ3v) is 3.27. The van der Waals surface area contributed by atoms with Crippen molar-refractivity contribution in [3.8, 4) is 5.69 Å². The molecule has 4 heteroatoms. The van der Waals surface area contributed by atoms with E-state index in [1.54, 1.807) is 6.20 Å². The molecule has 0 aliphatic carbocycles. The molecule has 1 fully saturated rings. The van der Waals surface area contributed by atoms with E-state index in [4.69, 9.17) is 5.73 Å². The minimum absolute atomic E-state index is 0.712. The van der Waals surface area contributed by atoms with E-state index in [1.165, 1.54) is 12.8 Å². The van der Waals surface area contributed by atoms with E-state index in [2.05, 4.69) is 22.1 Å². The molecular weight excluding hydrogens is 224 g/mol. The Bertz CT molecular complexity index is 533. The molecule has 1 aliphatic rings. The van der Waals surface area contributed by atoms with Gasteiger partial charge in [-0.1, -0.05) is 28.0 Å². The quantitative estimate of drug-likeness (QED) is 0.811. The fraction of sp³-hybridized carbons (Fsp3) is 0.286. The Morgan fingerprint density at radius 3 is 2.56 bits per heavy atom. The van der Waals surface area contributed by atoms with Crippen molar-refractivity contribution >= 4 is 11.5 Å². The molecule has 0 atom stereocenters. The lowest BCUT2D eigenvalue weighted by molar-refractivity contribution is -0.647. The SMILES string of the molecule is Nc1cn[n+](-c2ccccc2)c(N2CCCC2)c1. The fourth-order valence-corrected chi connectivity index (χ4v) is 2.37. The maximum absolute atomic E-state index is 5.87. The van der Waals surface area contributed by atoms with E-state index in [0.29, 0.717) is 5.69 Å². The van der Waals surface area contributed by atoms with Gasteiger partial charge in [-0.05, 0) is 25.0 Å². The summed E-state index contributed by atoms with van der Waals surface area (Å²) in [5.74, 6) is 1.08. The van der Waals surface area contributed by atoms with Crippen LogP contribution in [0.3, 0.4) is 0 Å². The van der Waals surface area contributed by atoms with Crippen LogP contribution in [0.4, 0.5) is 11.5 Å². The Morgan fingerprint density at radius 1 is 1.11 bits per heavy atom. The van der Waals surface area contributed by atoms with Gasteiger partial charge in [-0.2, -0.15) is 0 Å². The summed E-state index contributed by atoms with van der Waals surface area (Å²) in [5, 5.41) is 4.44. The topological polar surface area (TPSA) is 46.0 Å². The van der Waals surface area contributed by atoms with E-state index in [0.717, 1.165) is 24.6 Å². The number of nitrogens with zero attached hydrogens (tertiary/aromatic N) is 3. The highest BCUT2D eigenvalue weighted by atomic mass is 15.4. The molecule has 2 aromatic rings. The largest absolute Gasteiger partial charge is 0.397 e. The summed E-state index contributed by atoms with van der Waals surface area (Å²) in [6.45, 7) is 2.16. The normalized spacial score (nSPS) is 15.0. The molecule has 4 nitrogen and oxygen atoms in total. The number of para-hydroxylation sites is 1. The van der Waals surface area contributed by atoms with Crippen molar-refractivity contribution in [2.24, 2.45) is 0 Å². The standard InChI is InChI=1S/C14H16N4/c15-12-10-14(17-8-4-5-9-17)18(16-11-12)13-6-2-1-3-7-13/h1-3,6-7,10-11,15H,4-5,8-9H2/p+1. The Kier molecular flexibility index (Phi) is 2.84. The maximum atomic E-state index is 5.87. The first-order valence-electron chi connectivity index (χ1n) is 6.33. The van der Waals surface area contributed by atoms with Crippen LogP contribution in [0.15, 0.2) is 42.6 Å². The van der Waals surface area contributed by atoms with Gasteiger partial charge in [0.15, 0.2) is 5.69 Å². The van der Waals surface area contributed by atoms with Crippen molar-refractivity contribution in [2.75, 3.05) is 23.7 Å². The van der Waals surface area contributed by atoms with Crippen LogP contribution in [-0.4, -0.2) is 18.2 Å². The van der Waals surface area contributed by atoms with Gasteiger partial charge in [0.05, 0.1) is 31.0 Å². The summed E-state index contributed by atoms with van der Waals surface area (Å²) >= 11 is 0. The first kappa shape index (κ1) is 11.0. The number of hydrogen-bond donors (Lipinski definition) is 1. The van der Waals surface area contributed by atoms with Crippen LogP contribution in [-0.2, 0) is 0 Å². The number of rotatable bonds is 2. The average molecular weight is 241 g/mol. The lowest BCUT2D eigenvalue weighted by atomic mass is 10.3. The third-order valence-electron chi connectivity index (χ3n) is 3.27. The van der Waals surface area contributed by atoms with Crippen LogP contribution < -0.4 is 15.3 Å². The third kappa shape index (κ3) is 2.01. The molecule has 1 aromatic heterocycles. The molecule has 1 aliphatic heterocycles. The van der Waals surface area contributed by atoms with Crippen molar-refractivity contribution in [3.63, 3.8) is 0 Å². The molecule has 0 radical (unpaired) electrons.